The Kier molecular flexibility index (Phi) is 5.10. The van der Waals surface area contributed by atoms with Gasteiger partial charge >= 0.3 is 18.1 Å². The van der Waals surface area contributed by atoms with Gasteiger partial charge in [0.15, 0.2) is 0 Å². The highest BCUT2D eigenvalue weighted by Crippen LogP contribution is 2.29. The van der Waals surface area contributed by atoms with Gasteiger partial charge in [-0.1, -0.05) is 0 Å². The molecule has 1 rings (SSSR count). The second-order valence-electron chi connectivity index (χ2n) is 3.65. The second kappa shape index (κ2) is 6.44. The van der Waals surface area contributed by atoms with E-state index >= 15 is 0 Å². The van der Waals surface area contributed by atoms with Crippen LogP contribution in [0, 0.1) is 10.4 Å². The zero-order valence-corrected chi connectivity index (χ0v) is 10.3. The average Bonchev–Trinajstić information content (AvgIpc) is 2.37. The van der Waals surface area contributed by atoms with Gasteiger partial charge in [0.1, 0.15) is 5.69 Å². The van der Waals surface area contributed by atoms with E-state index in [1.165, 1.54) is 0 Å². The third-order valence-corrected chi connectivity index (χ3v) is 2.14. The number of rotatable bonds is 3. The van der Waals surface area contributed by atoms with Gasteiger partial charge in [0.25, 0.3) is 0 Å². The van der Waals surface area contributed by atoms with Crippen molar-refractivity contribution in [3.05, 3.63) is 28.6 Å². The fourth-order valence-electron chi connectivity index (χ4n) is 1.23. The van der Waals surface area contributed by atoms with Crippen molar-refractivity contribution in [2.75, 3.05) is 15.8 Å². The molecule has 22 heavy (non-hydrogen) atoms. The molecular formula is C9H7F3N4O6-2. The molecule has 0 bridgehead atoms. The molecule has 10 nitrogen and oxygen atoms in total. The van der Waals surface area contributed by atoms with Gasteiger partial charge < -0.3 is 21.0 Å². The molecule has 0 saturated heterocycles. The summed E-state index contributed by atoms with van der Waals surface area (Å²) in [6.07, 6.45) is -5.30. The van der Waals surface area contributed by atoms with Crippen molar-refractivity contribution < 1.29 is 33.2 Å². The number of hydrogen-bond donors (Lipinski definition) is 4. The Morgan fingerprint density at radius 3 is 2.23 bits per heavy atom. The number of alkyl halides is 3. The number of anilines is 3. The highest BCUT2D eigenvalue weighted by Gasteiger charge is 2.39. The number of carbonyl (C=O) groups is 2. The van der Waals surface area contributed by atoms with Crippen molar-refractivity contribution >= 4 is 29.0 Å². The number of nitrogens with zero attached hydrogens (tertiary/aromatic N) is 2. The van der Waals surface area contributed by atoms with Crippen LogP contribution >= 0.6 is 0 Å². The monoisotopic (exact) mass is 324 g/mol. The molecule has 0 spiro atoms. The maximum atomic E-state index is 11.9. The van der Waals surface area contributed by atoms with Gasteiger partial charge in [0.05, 0.1) is 5.69 Å². The zero-order valence-electron chi connectivity index (χ0n) is 10.3. The van der Waals surface area contributed by atoms with Crippen LogP contribution in [-0.4, -0.2) is 28.5 Å². The first kappa shape index (κ1) is 17.4. The summed E-state index contributed by atoms with van der Waals surface area (Å²) in [4.78, 5) is 21.7. The lowest BCUT2D eigenvalue weighted by atomic mass is 10.2. The molecule has 0 aliphatic rings. The highest BCUT2D eigenvalue weighted by atomic mass is 19.4. The predicted octanol–water partition coefficient (Wildman–Crippen LogP) is 1.28. The molecule has 3 amide bonds. The standard InChI is InChI=1S/C9H7F3N4O6/c10-9(11,12)7(17)14-8(18)13-5-2-1-4(15(19)20)3-6(5)16(21)22/h1-3,21-22H,(H2,13,14,17,18)/q-2. The molecule has 4 N–H and O–H groups in total. The second-order valence-corrected chi connectivity index (χ2v) is 3.65. The summed E-state index contributed by atoms with van der Waals surface area (Å²) in [7, 11) is 0. The predicted molar refractivity (Wildman–Crippen MR) is 64.9 cm³/mol. The Morgan fingerprint density at radius 1 is 1.18 bits per heavy atom. The van der Waals surface area contributed by atoms with Gasteiger partial charge in [0, 0.05) is 5.69 Å². The first-order chi connectivity index (χ1) is 10.0. The SMILES string of the molecule is O=C(NC(=O)C(F)(F)F)Nc1ccc(N([O-])[O-])cc1N(O)O. The lowest BCUT2D eigenvalue weighted by molar-refractivity contribution is -0.172. The van der Waals surface area contributed by atoms with E-state index in [2.05, 4.69) is 0 Å². The number of halogens is 3. The van der Waals surface area contributed by atoms with E-state index < -0.39 is 45.6 Å². The molecule has 0 saturated carbocycles. The molecule has 0 unspecified atom stereocenters. The van der Waals surface area contributed by atoms with E-state index in [4.69, 9.17) is 10.4 Å². The molecule has 0 radical (unpaired) electrons. The van der Waals surface area contributed by atoms with Crippen LogP contribution in [0.2, 0.25) is 0 Å². The van der Waals surface area contributed by atoms with Gasteiger partial charge in [-0.3, -0.25) is 20.5 Å². The summed E-state index contributed by atoms with van der Waals surface area (Å²) < 4.78 is 35.8. The summed E-state index contributed by atoms with van der Waals surface area (Å²) >= 11 is 0. The number of imide groups is 1. The molecule has 0 fully saturated rings. The van der Waals surface area contributed by atoms with E-state index in [1.807, 2.05) is 0 Å². The van der Waals surface area contributed by atoms with E-state index in [0.29, 0.717) is 6.07 Å². The van der Waals surface area contributed by atoms with E-state index in [9.17, 15) is 33.2 Å². The van der Waals surface area contributed by atoms with Crippen molar-refractivity contribution in [3.63, 3.8) is 0 Å². The Hall–Kier alpha value is -2.61. The first-order valence-electron chi connectivity index (χ1n) is 5.18. The van der Waals surface area contributed by atoms with E-state index in [1.54, 1.807) is 5.32 Å². The van der Waals surface area contributed by atoms with Gasteiger partial charge in [0.2, 0.25) is 0 Å². The number of benzene rings is 1. The van der Waals surface area contributed by atoms with Crippen LogP contribution in [-0.2, 0) is 4.79 Å². The molecule has 0 aliphatic carbocycles. The third-order valence-electron chi connectivity index (χ3n) is 2.14. The number of urea groups is 1. The summed E-state index contributed by atoms with van der Waals surface area (Å²) in [5.74, 6) is -2.54. The van der Waals surface area contributed by atoms with Gasteiger partial charge in [-0.25, -0.2) is 4.79 Å². The topological polar surface area (TPSA) is 151 Å². The summed E-state index contributed by atoms with van der Waals surface area (Å²) in [5, 5.41) is 40.0. The molecular weight excluding hydrogens is 317 g/mol. The Bertz CT molecular complexity index is 577. The van der Waals surface area contributed by atoms with Crippen molar-refractivity contribution in [1.82, 2.24) is 5.32 Å². The molecule has 0 aromatic heterocycles. The summed E-state index contributed by atoms with van der Waals surface area (Å²) in [6, 6.07) is 0.666. The van der Waals surface area contributed by atoms with Crippen molar-refractivity contribution in [1.29, 1.82) is 0 Å². The average molecular weight is 324 g/mol. The highest BCUT2D eigenvalue weighted by molar-refractivity contribution is 6.04. The van der Waals surface area contributed by atoms with Crippen LogP contribution in [0.5, 0.6) is 0 Å². The third kappa shape index (κ3) is 4.45. The molecule has 13 heteroatoms. The van der Waals surface area contributed by atoms with Crippen LogP contribution < -0.4 is 21.1 Å². The number of nitrogens with one attached hydrogen (secondary N) is 2. The maximum Gasteiger partial charge on any atom is 0.471 e. The molecule has 1 aromatic carbocycles. The Morgan fingerprint density at radius 2 is 1.77 bits per heavy atom. The lowest BCUT2D eigenvalue weighted by Crippen LogP contribution is -2.42. The van der Waals surface area contributed by atoms with Gasteiger partial charge in [-0.15, -0.1) is 5.23 Å². The van der Waals surface area contributed by atoms with Crippen molar-refractivity contribution in [2.45, 2.75) is 6.18 Å². The largest absolute Gasteiger partial charge is 0.769 e. The quantitative estimate of drug-likeness (QED) is 0.607. The molecule has 0 atom stereocenters. The maximum absolute atomic E-state index is 11.9. The van der Waals surface area contributed by atoms with E-state index in [-0.39, 0.29) is 0 Å². The van der Waals surface area contributed by atoms with E-state index in [0.717, 1.165) is 17.4 Å². The lowest BCUT2D eigenvalue weighted by Gasteiger charge is -2.38. The Labute approximate surface area is 119 Å². The fraction of sp³-hybridized carbons (Fsp3) is 0.111. The first-order valence-corrected chi connectivity index (χ1v) is 5.18. The fourth-order valence-corrected chi connectivity index (χ4v) is 1.23. The number of carbonyl (C=O) groups excluding carboxylic acids is 2. The van der Waals surface area contributed by atoms with Crippen LogP contribution in [0.3, 0.4) is 0 Å². The van der Waals surface area contributed by atoms with Crippen molar-refractivity contribution in [2.24, 2.45) is 0 Å². The summed E-state index contributed by atoms with van der Waals surface area (Å²) in [5.41, 5.74) is -1.78. The van der Waals surface area contributed by atoms with Crippen LogP contribution in [0.25, 0.3) is 0 Å². The molecule has 0 aliphatic heterocycles. The molecule has 0 heterocycles. The smallest absolute Gasteiger partial charge is 0.471 e. The normalized spacial score (nSPS) is 10.9. The molecule has 1 aromatic rings. The van der Waals surface area contributed by atoms with Crippen LogP contribution in [0.4, 0.5) is 35.0 Å². The minimum Gasteiger partial charge on any atom is -0.769 e. The summed E-state index contributed by atoms with van der Waals surface area (Å²) in [6.45, 7) is 0. The Balaban J connectivity index is 2.93. The molecule has 122 valence electrons. The van der Waals surface area contributed by atoms with Gasteiger partial charge in [-0.2, -0.15) is 13.2 Å². The van der Waals surface area contributed by atoms with Crippen LogP contribution in [0.1, 0.15) is 0 Å². The van der Waals surface area contributed by atoms with Gasteiger partial charge in [-0.05, 0) is 18.2 Å². The minimum absolute atomic E-state index is 0.497. The zero-order chi connectivity index (χ0) is 17.1. The number of amides is 3. The number of hydrogen-bond acceptors (Lipinski definition) is 8. The van der Waals surface area contributed by atoms with Crippen LogP contribution in [0.15, 0.2) is 18.2 Å². The minimum atomic E-state index is -5.30. The van der Waals surface area contributed by atoms with Crippen molar-refractivity contribution in [3.8, 4) is 0 Å².